The lowest BCUT2D eigenvalue weighted by Crippen LogP contribution is -2.39. The van der Waals surface area contributed by atoms with Crippen LogP contribution in [0, 0.1) is 11.8 Å². The highest BCUT2D eigenvalue weighted by atomic mass is 32.1. The summed E-state index contributed by atoms with van der Waals surface area (Å²) in [7, 11) is 0. The number of thiazole rings is 1. The highest BCUT2D eigenvalue weighted by Crippen LogP contribution is 2.40. The van der Waals surface area contributed by atoms with E-state index in [-0.39, 0.29) is 30.3 Å². The summed E-state index contributed by atoms with van der Waals surface area (Å²) in [4.78, 5) is 48.5. The van der Waals surface area contributed by atoms with Crippen molar-refractivity contribution in [1.82, 2.24) is 15.3 Å². The van der Waals surface area contributed by atoms with E-state index in [9.17, 15) is 19.5 Å². The molecule has 208 valence electrons. The van der Waals surface area contributed by atoms with Crippen LogP contribution in [-0.2, 0) is 14.4 Å². The smallest absolute Gasteiger partial charge is 0.304 e. The summed E-state index contributed by atoms with van der Waals surface area (Å²) in [6.07, 6.45) is 9.95. The molecule has 2 aromatic heterocycles. The highest BCUT2D eigenvalue weighted by Gasteiger charge is 2.40. The van der Waals surface area contributed by atoms with Gasteiger partial charge in [0.15, 0.2) is 5.13 Å². The van der Waals surface area contributed by atoms with Crippen LogP contribution in [0.15, 0.2) is 48.0 Å². The third kappa shape index (κ3) is 5.80. The van der Waals surface area contributed by atoms with E-state index >= 15 is 0 Å². The number of nitrogens with one attached hydrogen (secondary N) is 1. The summed E-state index contributed by atoms with van der Waals surface area (Å²) in [6, 6.07) is 12.1. The van der Waals surface area contributed by atoms with Gasteiger partial charge in [-0.3, -0.25) is 24.3 Å². The molecular formula is C31H34N4O4S. The molecule has 3 fully saturated rings. The summed E-state index contributed by atoms with van der Waals surface area (Å²) in [5, 5.41) is 15.2. The molecular weight excluding hydrogens is 524 g/mol. The molecule has 3 heterocycles. The predicted octanol–water partition coefficient (Wildman–Crippen LogP) is 5.99. The van der Waals surface area contributed by atoms with Gasteiger partial charge in [0.25, 0.3) is 0 Å². The molecule has 2 N–H and O–H groups in total. The minimum absolute atomic E-state index is 0.0394. The molecule has 0 spiro atoms. The van der Waals surface area contributed by atoms with Gasteiger partial charge < -0.3 is 10.4 Å². The van der Waals surface area contributed by atoms with Gasteiger partial charge in [0.2, 0.25) is 11.8 Å². The van der Waals surface area contributed by atoms with Gasteiger partial charge in [-0.15, -0.1) is 11.3 Å². The number of hydrogen-bond acceptors (Lipinski definition) is 6. The number of nitrogens with zero attached hydrogens (tertiary/aromatic N) is 3. The largest absolute Gasteiger partial charge is 0.481 e. The molecule has 2 aliphatic carbocycles. The number of anilines is 1. The van der Waals surface area contributed by atoms with Crippen LogP contribution in [0.4, 0.5) is 5.13 Å². The lowest BCUT2D eigenvalue weighted by molar-refractivity contribution is -0.141. The van der Waals surface area contributed by atoms with Gasteiger partial charge in [0, 0.05) is 41.1 Å². The van der Waals surface area contributed by atoms with Gasteiger partial charge in [-0.1, -0.05) is 56.0 Å². The van der Waals surface area contributed by atoms with Crippen LogP contribution in [0.5, 0.6) is 0 Å². The third-order valence-corrected chi connectivity index (χ3v) is 9.20. The average Bonchev–Trinajstić information content (AvgIpc) is 3.31. The van der Waals surface area contributed by atoms with Gasteiger partial charge in [-0.2, -0.15) is 0 Å². The van der Waals surface area contributed by atoms with Gasteiger partial charge in [0.1, 0.15) is 0 Å². The number of carboxylic acids is 1. The van der Waals surface area contributed by atoms with Crippen LogP contribution < -0.4 is 10.2 Å². The molecule has 8 nitrogen and oxygen atoms in total. The number of aromatic nitrogens is 2. The van der Waals surface area contributed by atoms with E-state index in [4.69, 9.17) is 4.98 Å². The Hall–Kier alpha value is -3.59. The molecule has 2 amide bonds. The van der Waals surface area contributed by atoms with Crippen LogP contribution in [0.2, 0.25) is 0 Å². The van der Waals surface area contributed by atoms with Crippen molar-refractivity contribution < 1.29 is 19.5 Å². The molecule has 9 heteroatoms. The van der Waals surface area contributed by atoms with E-state index < -0.39 is 11.9 Å². The second kappa shape index (κ2) is 11.5. The molecule has 40 heavy (non-hydrogen) atoms. The van der Waals surface area contributed by atoms with Crippen molar-refractivity contribution in [2.75, 3.05) is 4.90 Å². The van der Waals surface area contributed by atoms with Crippen LogP contribution in [0.1, 0.15) is 75.9 Å². The first kappa shape index (κ1) is 26.6. The Bertz CT molecular complexity index is 1390. The number of rotatable bonds is 10. The third-order valence-electron chi connectivity index (χ3n) is 8.36. The Balaban J connectivity index is 1.25. The van der Waals surface area contributed by atoms with E-state index in [1.54, 1.807) is 4.90 Å². The number of carboxylic acid groups (broad SMARTS) is 1. The molecule has 3 aromatic rings. The summed E-state index contributed by atoms with van der Waals surface area (Å²) in [5.74, 6) is -1.04. The first-order valence-corrected chi connectivity index (χ1v) is 15.2. The van der Waals surface area contributed by atoms with E-state index in [1.807, 2.05) is 48.0 Å². The summed E-state index contributed by atoms with van der Waals surface area (Å²) in [6.45, 7) is 0. The number of benzene rings is 1. The zero-order valence-electron chi connectivity index (χ0n) is 22.4. The Kier molecular flexibility index (Phi) is 7.65. The van der Waals surface area contributed by atoms with Crippen molar-refractivity contribution in [3.05, 3.63) is 53.7 Å². The highest BCUT2D eigenvalue weighted by molar-refractivity contribution is 7.14. The minimum atomic E-state index is -0.921. The lowest BCUT2D eigenvalue weighted by Gasteiger charge is -2.26. The van der Waals surface area contributed by atoms with Crippen LogP contribution >= 0.6 is 11.3 Å². The first-order chi connectivity index (χ1) is 19.5. The summed E-state index contributed by atoms with van der Waals surface area (Å²) in [5.41, 5.74) is 4.53. The van der Waals surface area contributed by atoms with Crippen molar-refractivity contribution in [3.8, 4) is 22.4 Å². The van der Waals surface area contributed by atoms with Crippen LogP contribution in [0.25, 0.3) is 22.4 Å². The molecule has 0 bridgehead atoms. The Morgan fingerprint density at radius 3 is 2.48 bits per heavy atom. The van der Waals surface area contributed by atoms with E-state index in [2.05, 4.69) is 10.3 Å². The second-order valence-electron chi connectivity index (χ2n) is 11.3. The number of carbonyl (C=O) groups is 3. The molecule has 1 aromatic carbocycles. The number of hydrogen-bond donors (Lipinski definition) is 2. The summed E-state index contributed by atoms with van der Waals surface area (Å²) < 4.78 is 0. The number of pyridine rings is 1. The molecule has 0 radical (unpaired) electrons. The molecule has 2 atom stereocenters. The molecule has 1 saturated heterocycles. The topological polar surface area (TPSA) is 112 Å². The van der Waals surface area contributed by atoms with Crippen molar-refractivity contribution in [2.45, 2.75) is 76.3 Å². The Morgan fingerprint density at radius 1 is 1.05 bits per heavy atom. The van der Waals surface area contributed by atoms with Crippen molar-refractivity contribution in [2.24, 2.45) is 11.8 Å². The minimum Gasteiger partial charge on any atom is -0.481 e. The van der Waals surface area contributed by atoms with Crippen molar-refractivity contribution in [3.63, 3.8) is 0 Å². The van der Waals surface area contributed by atoms with E-state index in [1.165, 1.54) is 11.3 Å². The van der Waals surface area contributed by atoms with E-state index in [0.717, 1.165) is 73.0 Å². The fourth-order valence-electron chi connectivity index (χ4n) is 6.15. The van der Waals surface area contributed by atoms with Gasteiger partial charge >= 0.3 is 5.97 Å². The second-order valence-corrected chi connectivity index (χ2v) is 12.1. The molecule has 3 aliphatic rings. The quantitative estimate of drug-likeness (QED) is 0.316. The Morgan fingerprint density at radius 2 is 1.82 bits per heavy atom. The zero-order valence-corrected chi connectivity index (χ0v) is 23.2. The normalized spacial score (nSPS) is 19.9. The maximum Gasteiger partial charge on any atom is 0.304 e. The SMILES string of the molecule is O=C(O)C[C@@H](CC1CCCC1)C(=O)N(c1nc(-c2ccccc2-c2ccc(C3CCC(=O)N3)nc2)cs1)C1CC1. The van der Waals surface area contributed by atoms with Crippen molar-refractivity contribution >= 4 is 34.3 Å². The fourth-order valence-corrected chi connectivity index (χ4v) is 7.05. The summed E-state index contributed by atoms with van der Waals surface area (Å²) >= 11 is 1.44. The Labute approximate surface area is 237 Å². The van der Waals surface area contributed by atoms with Crippen LogP contribution in [-0.4, -0.2) is 38.9 Å². The molecule has 6 rings (SSSR count). The van der Waals surface area contributed by atoms with Gasteiger partial charge in [0.05, 0.1) is 23.9 Å². The monoisotopic (exact) mass is 558 g/mol. The van der Waals surface area contributed by atoms with Gasteiger partial charge in [-0.05, 0) is 43.2 Å². The number of amides is 2. The molecule has 1 aliphatic heterocycles. The maximum atomic E-state index is 13.8. The first-order valence-electron chi connectivity index (χ1n) is 14.3. The average molecular weight is 559 g/mol. The van der Waals surface area contributed by atoms with Crippen LogP contribution in [0.3, 0.4) is 0 Å². The van der Waals surface area contributed by atoms with E-state index in [0.29, 0.717) is 23.9 Å². The fraction of sp³-hybridized carbons (Fsp3) is 0.452. The zero-order chi connectivity index (χ0) is 27.6. The van der Waals surface area contributed by atoms with Gasteiger partial charge in [-0.25, -0.2) is 4.98 Å². The number of aliphatic carboxylic acids is 1. The maximum absolute atomic E-state index is 13.8. The molecule has 1 unspecified atom stereocenters. The molecule has 2 saturated carbocycles. The predicted molar refractivity (Wildman–Crippen MR) is 154 cm³/mol. The lowest BCUT2D eigenvalue weighted by atomic mass is 9.90. The number of carbonyl (C=O) groups excluding carboxylic acids is 2. The standard InChI is InChI=1S/C31H34N4O4S/c36-28-14-13-26(33-28)25-12-9-20(17-32-25)23-7-3-4-8-24(23)27-18-40-31(34-27)35(22-10-11-22)30(39)21(16-29(37)38)15-19-5-1-2-6-19/h3-4,7-9,12,17-19,21-22,26H,1-2,5-6,10-11,13-16H2,(H,33,36)(H,37,38)/t21-,26?/m1/s1. The van der Waals surface area contributed by atoms with Crippen molar-refractivity contribution in [1.29, 1.82) is 0 Å².